The molecular weight excluding hydrogens is 333 g/mol. The molecule has 1 aliphatic rings. The fourth-order valence-corrected chi connectivity index (χ4v) is 3.17. The molecule has 130 valence electrons. The van der Waals surface area contributed by atoms with Crippen molar-refractivity contribution in [1.82, 2.24) is 15.8 Å². The average molecular weight is 354 g/mol. The van der Waals surface area contributed by atoms with Gasteiger partial charge in [-0.2, -0.15) is 0 Å². The molecule has 1 aliphatic heterocycles. The van der Waals surface area contributed by atoms with Crippen LogP contribution in [0.15, 0.2) is 28.8 Å². The third-order valence-electron chi connectivity index (χ3n) is 4.36. The summed E-state index contributed by atoms with van der Waals surface area (Å²) in [5.41, 5.74) is 2.12. The maximum atomic E-state index is 13.1. The number of aryl methyl sites for hydroxylation is 2. The van der Waals surface area contributed by atoms with E-state index >= 15 is 0 Å². The van der Waals surface area contributed by atoms with Crippen LogP contribution >= 0.6 is 12.4 Å². The second kappa shape index (κ2) is 7.77. The summed E-state index contributed by atoms with van der Waals surface area (Å²) >= 11 is 0. The number of amides is 1. The molecule has 3 rings (SSSR count). The van der Waals surface area contributed by atoms with Crippen molar-refractivity contribution in [3.63, 3.8) is 0 Å². The number of hydrogen-bond acceptors (Lipinski definition) is 4. The van der Waals surface area contributed by atoms with E-state index in [-0.39, 0.29) is 36.1 Å². The second-order valence-corrected chi connectivity index (χ2v) is 5.93. The van der Waals surface area contributed by atoms with E-state index in [1.807, 2.05) is 0 Å². The topological polar surface area (TPSA) is 67.2 Å². The molecule has 1 amide bonds. The lowest BCUT2D eigenvalue weighted by Crippen LogP contribution is -2.50. The summed E-state index contributed by atoms with van der Waals surface area (Å²) in [6.07, 6.45) is 0.887. The Bertz CT molecular complexity index is 683. The molecule has 2 N–H and O–H groups in total. The minimum atomic E-state index is -0.251. The van der Waals surface area contributed by atoms with Crippen LogP contribution in [0.25, 0.3) is 0 Å². The normalized spacial score (nSPS) is 20.3. The summed E-state index contributed by atoms with van der Waals surface area (Å²) in [6, 6.07) is 6.45. The summed E-state index contributed by atoms with van der Waals surface area (Å²) in [5, 5.41) is 10.2. The van der Waals surface area contributed by atoms with E-state index < -0.39 is 0 Å². The first-order valence-electron chi connectivity index (χ1n) is 7.76. The number of aromatic nitrogens is 1. The van der Waals surface area contributed by atoms with Gasteiger partial charge in [0.05, 0.1) is 5.69 Å². The van der Waals surface area contributed by atoms with Crippen molar-refractivity contribution in [1.29, 1.82) is 0 Å². The summed E-state index contributed by atoms with van der Waals surface area (Å²) in [6.45, 7) is 5.03. The number of benzene rings is 1. The van der Waals surface area contributed by atoms with Gasteiger partial charge in [-0.3, -0.25) is 4.79 Å². The Balaban J connectivity index is 0.00000208. The predicted molar refractivity (Wildman–Crippen MR) is 91.1 cm³/mol. The van der Waals surface area contributed by atoms with Crippen LogP contribution in [0.5, 0.6) is 0 Å². The highest BCUT2D eigenvalue weighted by Crippen LogP contribution is 2.26. The molecule has 0 spiro atoms. The van der Waals surface area contributed by atoms with Gasteiger partial charge in [0.15, 0.2) is 0 Å². The lowest BCUT2D eigenvalue weighted by molar-refractivity contribution is 0.0922. The number of nitrogens with one attached hydrogen (secondary N) is 2. The van der Waals surface area contributed by atoms with Crippen molar-refractivity contribution < 1.29 is 13.7 Å². The van der Waals surface area contributed by atoms with Crippen LogP contribution in [0.3, 0.4) is 0 Å². The summed E-state index contributed by atoms with van der Waals surface area (Å²) in [4.78, 5) is 12.5. The van der Waals surface area contributed by atoms with Gasteiger partial charge in [-0.1, -0.05) is 17.3 Å². The van der Waals surface area contributed by atoms with Crippen LogP contribution in [-0.2, 0) is 0 Å². The van der Waals surface area contributed by atoms with Crippen molar-refractivity contribution in [3.8, 4) is 0 Å². The van der Waals surface area contributed by atoms with Crippen molar-refractivity contribution in [2.45, 2.75) is 32.2 Å². The van der Waals surface area contributed by atoms with E-state index in [2.05, 4.69) is 15.8 Å². The molecule has 2 heterocycles. The molecule has 7 heteroatoms. The zero-order valence-electron chi connectivity index (χ0n) is 13.6. The Kier molecular flexibility index (Phi) is 5.96. The first-order valence-corrected chi connectivity index (χ1v) is 7.76. The van der Waals surface area contributed by atoms with Crippen LogP contribution in [0.1, 0.15) is 39.7 Å². The van der Waals surface area contributed by atoms with Gasteiger partial charge in [0.25, 0.3) is 5.91 Å². The van der Waals surface area contributed by atoms with Gasteiger partial charge >= 0.3 is 0 Å². The standard InChI is InChI=1S/C17H20FN3O2.ClH/c1-10-16(11(2)23-21-10)17(22)20-15-9-19-8-7-14(15)12-3-5-13(18)6-4-12;/h3-6,14-15,19H,7-9H2,1-2H3,(H,20,22);1H. The highest BCUT2D eigenvalue weighted by atomic mass is 35.5. The molecule has 2 aromatic rings. The lowest BCUT2D eigenvalue weighted by atomic mass is 9.86. The van der Waals surface area contributed by atoms with Crippen LogP contribution in [-0.4, -0.2) is 30.2 Å². The monoisotopic (exact) mass is 353 g/mol. The van der Waals surface area contributed by atoms with E-state index in [0.717, 1.165) is 18.5 Å². The van der Waals surface area contributed by atoms with Gasteiger partial charge in [-0.15, -0.1) is 12.4 Å². The zero-order valence-corrected chi connectivity index (χ0v) is 14.5. The van der Waals surface area contributed by atoms with Gasteiger partial charge in [-0.25, -0.2) is 4.39 Å². The number of rotatable bonds is 3. The number of carbonyl (C=O) groups excluding carboxylic acids is 1. The molecule has 1 fully saturated rings. The maximum absolute atomic E-state index is 13.1. The number of piperidine rings is 1. The van der Waals surface area contributed by atoms with E-state index in [9.17, 15) is 9.18 Å². The molecule has 2 unspecified atom stereocenters. The Labute approximate surface area is 146 Å². The molecule has 2 atom stereocenters. The molecule has 0 saturated carbocycles. The molecule has 1 aromatic carbocycles. The fraction of sp³-hybridized carbons (Fsp3) is 0.412. The Morgan fingerprint density at radius 2 is 2.04 bits per heavy atom. The number of nitrogens with zero attached hydrogens (tertiary/aromatic N) is 1. The summed E-state index contributed by atoms with van der Waals surface area (Å²) in [5.74, 6) is 0.240. The lowest BCUT2D eigenvalue weighted by Gasteiger charge is -2.33. The van der Waals surface area contributed by atoms with E-state index in [4.69, 9.17) is 4.52 Å². The quantitative estimate of drug-likeness (QED) is 0.890. The highest BCUT2D eigenvalue weighted by molar-refractivity contribution is 5.96. The number of carbonyl (C=O) groups is 1. The Morgan fingerprint density at radius 1 is 1.33 bits per heavy atom. The van der Waals surface area contributed by atoms with Crippen LogP contribution < -0.4 is 10.6 Å². The van der Waals surface area contributed by atoms with E-state index in [1.165, 1.54) is 12.1 Å². The smallest absolute Gasteiger partial charge is 0.257 e. The van der Waals surface area contributed by atoms with Gasteiger partial charge in [0.1, 0.15) is 17.1 Å². The summed E-state index contributed by atoms with van der Waals surface area (Å²) < 4.78 is 18.2. The van der Waals surface area contributed by atoms with Crippen LogP contribution in [0, 0.1) is 19.7 Å². The van der Waals surface area contributed by atoms with Gasteiger partial charge in [0, 0.05) is 18.5 Å². The minimum Gasteiger partial charge on any atom is -0.361 e. The Hall–Kier alpha value is -1.92. The highest BCUT2D eigenvalue weighted by Gasteiger charge is 2.29. The van der Waals surface area contributed by atoms with E-state index in [0.29, 0.717) is 23.6 Å². The van der Waals surface area contributed by atoms with Gasteiger partial charge in [-0.05, 0) is 44.5 Å². The number of halogens is 2. The van der Waals surface area contributed by atoms with Crippen LogP contribution in [0.2, 0.25) is 0 Å². The van der Waals surface area contributed by atoms with Crippen LogP contribution in [0.4, 0.5) is 4.39 Å². The average Bonchev–Trinajstić information content (AvgIpc) is 2.88. The van der Waals surface area contributed by atoms with Crippen molar-refractivity contribution in [2.75, 3.05) is 13.1 Å². The maximum Gasteiger partial charge on any atom is 0.257 e. The molecule has 5 nitrogen and oxygen atoms in total. The Morgan fingerprint density at radius 3 is 2.67 bits per heavy atom. The molecule has 24 heavy (non-hydrogen) atoms. The largest absolute Gasteiger partial charge is 0.361 e. The molecule has 0 aliphatic carbocycles. The molecule has 0 bridgehead atoms. The SMILES string of the molecule is Cc1noc(C)c1C(=O)NC1CNCCC1c1ccc(F)cc1.Cl. The van der Waals surface area contributed by atoms with Crippen molar-refractivity contribution >= 4 is 18.3 Å². The third-order valence-corrected chi connectivity index (χ3v) is 4.36. The summed E-state index contributed by atoms with van der Waals surface area (Å²) in [7, 11) is 0. The molecule has 1 aromatic heterocycles. The molecule has 1 saturated heterocycles. The first-order chi connectivity index (χ1) is 11.1. The zero-order chi connectivity index (χ0) is 16.4. The minimum absolute atomic E-state index is 0. The second-order valence-electron chi connectivity index (χ2n) is 5.93. The van der Waals surface area contributed by atoms with Crippen molar-refractivity contribution in [3.05, 3.63) is 52.7 Å². The van der Waals surface area contributed by atoms with Crippen molar-refractivity contribution in [2.24, 2.45) is 0 Å². The fourth-order valence-electron chi connectivity index (χ4n) is 3.17. The molecule has 0 radical (unpaired) electrons. The predicted octanol–water partition coefficient (Wildman–Crippen LogP) is 2.73. The first kappa shape index (κ1) is 18.4. The third kappa shape index (κ3) is 3.76. The van der Waals surface area contributed by atoms with E-state index in [1.54, 1.807) is 26.0 Å². The number of hydrogen-bond donors (Lipinski definition) is 2. The van der Waals surface area contributed by atoms with Gasteiger partial charge in [0.2, 0.25) is 0 Å². The van der Waals surface area contributed by atoms with Gasteiger partial charge < -0.3 is 15.2 Å². The molecular formula is C17H21ClFN3O2.